The Morgan fingerprint density at radius 1 is 1.11 bits per heavy atom. The van der Waals surface area contributed by atoms with Crippen LogP contribution in [-0.4, -0.2) is 19.7 Å². The zero-order valence-electron chi connectivity index (χ0n) is 10.00. The predicted molar refractivity (Wildman–Crippen MR) is 71.1 cm³/mol. The van der Waals surface area contributed by atoms with Crippen molar-refractivity contribution < 1.29 is 8.42 Å². The van der Waals surface area contributed by atoms with Crippen molar-refractivity contribution in [2.24, 2.45) is 0 Å². The van der Waals surface area contributed by atoms with Crippen molar-refractivity contribution in [2.75, 3.05) is 11.6 Å². The molecule has 0 saturated carbocycles. The average molecular weight is 262 g/mol. The summed E-state index contributed by atoms with van der Waals surface area (Å²) in [4.78, 5) is 4.52. The van der Waals surface area contributed by atoms with Gasteiger partial charge in [-0.15, -0.1) is 0 Å². The molecule has 0 aliphatic heterocycles. The SMILES string of the molecule is CS(=O)(=O)c1ccc(NCc2ccccn2)cc1. The summed E-state index contributed by atoms with van der Waals surface area (Å²) in [5.41, 5.74) is 1.80. The first-order chi connectivity index (χ1) is 8.55. The van der Waals surface area contributed by atoms with E-state index in [4.69, 9.17) is 0 Å². The molecule has 0 aliphatic carbocycles. The molecule has 0 unspecified atom stereocenters. The van der Waals surface area contributed by atoms with Crippen LogP contribution in [0.4, 0.5) is 5.69 Å². The first-order valence-electron chi connectivity index (χ1n) is 5.49. The van der Waals surface area contributed by atoms with Crippen molar-refractivity contribution >= 4 is 15.5 Å². The largest absolute Gasteiger partial charge is 0.379 e. The van der Waals surface area contributed by atoms with Crippen LogP contribution in [0.3, 0.4) is 0 Å². The third-order valence-electron chi connectivity index (χ3n) is 2.48. The minimum atomic E-state index is -3.13. The quantitative estimate of drug-likeness (QED) is 0.916. The van der Waals surface area contributed by atoms with Crippen LogP contribution >= 0.6 is 0 Å². The Balaban J connectivity index is 2.03. The number of nitrogens with zero attached hydrogens (tertiary/aromatic N) is 1. The van der Waals surface area contributed by atoms with Crippen LogP contribution in [0.1, 0.15) is 5.69 Å². The molecule has 0 amide bonds. The highest BCUT2D eigenvalue weighted by atomic mass is 32.2. The normalized spacial score (nSPS) is 11.2. The summed E-state index contributed by atoms with van der Waals surface area (Å²) in [6.07, 6.45) is 2.94. The minimum Gasteiger partial charge on any atom is -0.379 e. The number of sulfone groups is 1. The van der Waals surface area contributed by atoms with Gasteiger partial charge in [0.1, 0.15) is 0 Å². The number of nitrogens with one attached hydrogen (secondary N) is 1. The molecule has 0 spiro atoms. The van der Waals surface area contributed by atoms with Gasteiger partial charge in [0.05, 0.1) is 17.1 Å². The average Bonchev–Trinajstić information content (AvgIpc) is 2.37. The zero-order valence-corrected chi connectivity index (χ0v) is 10.8. The fourth-order valence-corrected chi connectivity index (χ4v) is 2.15. The molecule has 4 nitrogen and oxygen atoms in total. The lowest BCUT2D eigenvalue weighted by atomic mass is 10.3. The summed E-state index contributed by atoms with van der Waals surface area (Å²) < 4.78 is 22.6. The molecule has 0 radical (unpaired) electrons. The highest BCUT2D eigenvalue weighted by molar-refractivity contribution is 7.90. The molecule has 0 saturated heterocycles. The van der Waals surface area contributed by atoms with Crippen LogP contribution in [0, 0.1) is 0 Å². The van der Waals surface area contributed by atoms with Gasteiger partial charge in [0, 0.05) is 18.1 Å². The molecule has 2 aromatic rings. The Labute approximate surface area is 107 Å². The highest BCUT2D eigenvalue weighted by Gasteiger charge is 2.05. The van der Waals surface area contributed by atoms with Crippen molar-refractivity contribution in [3.8, 4) is 0 Å². The molecule has 0 atom stereocenters. The Morgan fingerprint density at radius 3 is 2.39 bits per heavy atom. The second kappa shape index (κ2) is 5.18. The first-order valence-corrected chi connectivity index (χ1v) is 7.39. The van der Waals surface area contributed by atoms with Gasteiger partial charge in [-0.25, -0.2) is 8.42 Å². The Hall–Kier alpha value is -1.88. The fourth-order valence-electron chi connectivity index (χ4n) is 1.52. The van der Waals surface area contributed by atoms with E-state index < -0.39 is 9.84 Å². The molecule has 0 aliphatic rings. The van der Waals surface area contributed by atoms with Crippen LogP contribution in [-0.2, 0) is 16.4 Å². The molecule has 0 bridgehead atoms. The molecule has 18 heavy (non-hydrogen) atoms. The third-order valence-corrected chi connectivity index (χ3v) is 3.61. The van der Waals surface area contributed by atoms with Gasteiger partial charge in [0.15, 0.2) is 9.84 Å². The van der Waals surface area contributed by atoms with Gasteiger partial charge in [0.25, 0.3) is 0 Å². The van der Waals surface area contributed by atoms with E-state index in [1.54, 1.807) is 30.5 Å². The van der Waals surface area contributed by atoms with Gasteiger partial charge in [0.2, 0.25) is 0 Å². The van der Waals surface area contributed by atoms with E-state index in [9.17, 15) is 8.42 Å². The van der Waals surface area contributed by atoms with Gasteiger partial charge >= 0.3 is 0 Å². The monoisotopic (exact) mass is 262 g/mol. The van der Waals surface area contributed by atoms with Crippen molar-refractivity contribution in [1.29, 1.82) is 0 Å². The maximum absolute atomic E-state index is 11.3. The molecule has 1 N–H and O–H groups in total. The smallest absolute Gasteiger partial charge is 0.175 e. The Morgan fingerprint density at radius 2 is 1.83 bits per heavy atom. The molecule has 2 rings (SSSR count). The van der Waals surface area contributed by atoms with Gasteiger partial charge in [-0.3, -0.25) is 4.98 Å². The van der Waals surface area contributed by atoms with Crippen LogP contribution in [0.25, 0.3) is 0 Å². The van der Waals surface area contributed by atoms with Crippen molar-refractivity contribution in [2.45, 2.75) is 11.4 Å². The maximum Gasteiger partial charge on any atom is 0.175 e. The number of hydrogen-bond acceptors (Lipinski definition) is 4. The predicted octanol–water partition coefficient (Wildman–Crippen LogP) is 2.10. The lowest BCUT2D eigenvalue weighted by molar-refractivity contribution is 0.602. The topological polar surface area (TPSA) is 59.1 Å². The van der Waals surface area contributed by atoms with E-state index in [0.29, 0.717) is 11.4 Å². The highest BCUT2D eigenvalue weighted by Crippen LogP contribution is 2.14. The van der Waals surface area contributed by atoms with Gasteiger partial charge in [-0.2, -0.15) is 0 Å². The number of benzene rings is 1. The van der Waals surface area contributed by atoms with Crippen LogP contribution in [0.5, 0.6) is 0 Å². The van der Waals surface area contributed by atoms with E-state index in [1.165, 1.54) is 6.26 Å². The third kappa shape index (κ3) is 3.30. The molecular weight excluding hydrogens is 248 g/mol. The van der Waals surface area contributed by atoms with E-state index in [-0.39, 0.29) is 0 Å². The van der Waals surface area contributed by atoms with Crippen LogP contribution < -0.4 is 5.32 Å². The summed E-state index contributed by atoms with van der Waals surface area (Å²) in [6, 6.07) is 12.4. The summed E-state index contributed by atoms with van der Waals surface area (Å²) in [6.45, 7) is 0.610. The first kappa shape index (κ1) is 12.6. The van der Waals surface area contributed by atoms with Gasteiger partial charge < -0.3 is 5.32 Å². The molecule has 94 valence electrons. The molecule has 1 aromatic carbocycles. The summed E-state index contributed by atoms with van der Waals surface area (Å²) >= 11 is 0. The van der Waals surface area contributed by atoms with Gasteiger partial charge in [-0.1, -0.05) is 6.07 Å². The summed E-state index contributed by atoms with van der Waals surface area (Å²) in [5.74, 6) is 0. The lowest BCUT2D eigenvalue weighted by Crippen LogP contribution is -2.02. The molecule has 1 heterocycles. The number of anilines is 1. The Kier molecular flexibility index (Phi) is 3.62. The van der Waals surface area contributed by atoms with E-state index >= 15 is 0 Å². The number of pyridine rings is 1. The maximum atomic E-state index is 11.3. The number of aromatic nitrogens is 1. The zero-order chi connectivity index (χ0) is 13.0. The minimum absolute atomic E-state index is 0.325. The lowest BCUT2D eigenvalue weighted by Gasteiger charge is -2.06. The Bertz CT molecular complexity index is 607. The molecule has 1 aromatic heterocycles. The second-order valence-electron chi connectivity index (χ2n) is 3.97. The second-order valence-corrected chi connectivity index (χ2v) is 5.99. The van der Waals surface area contributed by atoms with Gasteiger partial charge in [-0.05, 0) is 36.4 Å². The summed E-state index contributed by atoms with van der Waals surface area (Å²) in [5, 5.41) is 3.18. The molecule has 0 fully saturated rings. The van der Waals surface area contributed by atoms with E-state index in [1.807, 2.05) is 18.2 Å². The summed E-state index contributed by atoms with van der Waals surface area (Å²) in [7, 11) is -3.13. The van der Waals surface area contributed by atoms with Crippen molar-refractivity contribution in [1.82, 2.24) is 4.98 Å². The van der Waals surface area contributed by atoms with Crippen molar-refractivity contribution in [3.63, 3.8) is 0 Å². The van der Waals surface area contributed by atoms with E-state index in [2.05, 4.69) is 10.3 Å². The fraction of sp³-hybridized carbons (Fsp3) is 0.154. The number of hydrogen-bond donors (Lipinski definition) is 1. The standard InChI is InChI=1S/C13H14N2O2S/c1-18(16,17)13-7-5-11(6-8-13)15-10-12-4-2-3-9-14-12/h2-9,15H,10H2,1H3. The van der Waals surface area contributed by atoms with Crippen molar-refractivity contribution in [3.05, 3.63) is 54.4 Å². The van der Waals surface area contributed by atoms with E-state index in [0.717, 1.165) is 11.4 Å². The molecule has 5 heteroatoms. The van der Waals surface area contributed by atoms with Crippen LogP contribution in [0.2, 0.25) is 0 Å². The van der Waals surface area contributed by atoms with Crippen LogP contribution in [0.15, 0.2) is 53.6 Å². The number of rotatable bonds is 4. The molecular formula is C13H14N2O2S.